The standard InChI is InChI=1S/C50H30N4OS/c1-2-13-31(14-3-1)48-37-17-4-7-19-39(37)51-50(52-48)54-40-20-8-5-15-34(40)38-29-32(25-27-41(38)54)33-26-28-43-47(30-33)56-46-24-11-9-21-42(46)53(43)44-22-12-18-36-35-16-6-10-23-45(35)55-49(36)44/h1-30H. The summed E-state index contributed by atoms with van der Waals surface area (Å²) in [4.78, 5) is 15.2. The summed E-state index contributed by atoms with van der Waals surface area (Å²) in [6, 6.07) is 64.2. The summed E-state index contributed by atoms with van der Waals surface area (Å²) in [6.45, 7) is 0. The molecular weight excluding hydrogens is 705 g/mol. The van der Waals surface area contributed by atoms with Crippen molar-refractivity contribution in [3.63, 3.8) is 0 Å². The van der Waals surface area contributed by atoms with Crippen molar-refractivity contribution in [3.8, 4) is 28.3 Å². The van der Waals surface area contributed by atoms with Crippen LogP contribution in [0.4, 0.5) is 17.1 Å². The summed E-state index contributed by atoms with van der Waals surface area (Å²) in [7, 11) is 0. The quantitative estimate of drug-likeness (QED) is 0.180. The van der Waals surface area contributed by atoms with E-state index in [2.05, 4.69) is 167 Å². The Labute approximate surface area is 326 Å². The Kier molecular flexibility index (Phi) is 6.79. The van der Waals surface area contributed by atoms with Crippen LogP contribution in [-0.4, -0.2) is 14.5 Å². The summed E-state index contributed by atoms with van der Waals surface area (Å²) in [5.74, 6) is 0.657. The Morgan fingerprint density at radius 2 is 1.11 bits per heavy atom. The summed E-state index contributed by atoms with van der Waals surface area (Å²) in [5, 5.41) is 5.59. The van der Waals surface area contributed by atoms with Crippen molar-refractivity contribution in [2.24, 2.45) is 0 Å². The SMILES string of the molecule is c1ccc(-c2nc(-n3c4ccccc4c4cc(-c5ccc6c(c5)Sc5ccccc5N6c5cccc6c5oc5ccccc56)ccc43)nc3ccccc23)cc1. The molecule has 4 heterocycles. The first-order chi connectivity index (χ1) is 27.8. The molecule has 1 aliphatic rings. The van der Waals surface area contributed by atoms with Gasteiger partial charge in [-0.3, -0.25) is 4.57 Å². The molecule has 0 spiro atoms. The smallest absolute Gasteiger partial charge is 0.235 e. The molecule has 3 aromatic heterocycles. The number of nitrogens with zero attached hydrogens (tertiary/aromatic N) is 4. The lowest BCUT2D eigenvalue weighted by atomic mass is 10.0. The molecule has 56 heavy (non-hydrogen) atoms. The van der Waals surface area contributed by atoms with Crippen molar-refractivity contribution in [1.29, 1.82) is 0 Å². The minimum atomic E-state index is 0.657. The number of anilines is 3. The third-order valence-corrected chi connectivity index (χ3v) is 12.1. The van der Waals surface area contributed by atoms with Gasteiger partial charge in [-0.25, -0.2) is 9.97 Å². The van der Waals surface area contributed by atoms with Crippen LogP contribution in [0.5, 0.6) is 0 Å². The van der Waals surface area contributed by atoms with Crippen LogP contribution in [-0.2, 0) is 0 Å². The fourth-order valence-corrected chi connectivity index (χ4v) is 9.55. The van der Waals surface area contributed by atoms with E-state index in [-0.39, 0.29) is 0 Å². The zero-order chi connectivity index (χ0) is 36.7. The van der Waals surface area contributed by atoms with Crippen LogP contribution in [0.2, 0.25) is 0 Å². The van der Waals surface area contributed by atoms with Crippen molar-refractivity contribution in [3.05, 3.63) is 182 Å². The second-order valence-corrected chi connectivity index (χ2v) is 15.3. The van der Waals surface area contributed by atoms with Crippen LogP contribution in [0.25, 0.3) is 83.0 Å². The maximum Gasteiger partial charge on any atom is 0.235 e. The number of hydrogen-bond acceptors (Lipinski definition) is 5. The van der Waals surface area contributed by atoms with Crippen molar-refractivity contribution >= 4 is 83.5 Å². The molecule has 0 amide bonds. The van der Waals surface area contributed by atoms with Gasteiger partial charge in [-0.05, 0) is 71.8 Å². The Bertz CT molecular complexity index is 3370. The van der Waals surface area contributed by atoms with E-state index >= 15 is 0 Å². The first-order valence-electron chi connectivity index (χ1n) is 18.7. The molecule has 11 aromatic rings. The number of aromatic nitrogens is 3. The monoisotopic (exact) mass is 734 g/mol. The molecule has 0 atom stereocenters. The summed E-state index contributed by atoms with van der Waals surface area (Å²) >= 11 is 1.82. The average molecular weight is 735 g/mol. The summed E-state index contributed by atoms with van der Waals surface area (Å²) in [5.41, 5.74) is 12.4. The first kappa shape index (κ1) is 31.2. The Balaban J connectivity index is 1.01. The number of furan rings is 1. The van der Waals surface area contributed by atoms with Crippen molar-refractivity contribution in [2.45, 2.75) is 9.79 Å². The largest absolute Gasteiger partial charge is 0.454 e. The molecule has 0 N–H and O–H groups in total. The number of rotatable bonds is 4. The highest BCUT2D eigenvalue weighted by molar-refractivity contribution is 7.99. The zero-order valence-electron chi connectivity index (χ0n) is 29.9. The van der Waals surface area contributed by atoms with Gasteiger partial charge in [0, 0.05) is 42.3 Å². The third kappa shape index (κ3) is 4.69. The molecule has 8 aromatic carbocycles. The van der Waals surface area contributed by atoms with Crippen LogP contribution in [0.15, 0.2) is 196 Å². The molecular formula is C50H30N4OS. The third-order valence-electron chi connectivity index (χ3n) is 11.0. The lowest BCUT2D eigenvalue weighted by Crippen LogP contribution is -2.15. The van der Waals surface area contributed by atoms with Gasteiger partial charge in [0.1, 0.15) is 5.58 Å². The first-order valence-corrected chi connectivity index (χ1v) is 19.6. The molecule has 0 bridgehead atoms. The van der Waals surface area contributed by atoms with E-state index in [9.17, 15) is 0 Å². The molecule has 5 nitrogen and oxygen atoms in total. The van der Waals surface area contributed by atoms with Gasteiger partial charge in [0.2, 0.25) is 5.95 Å². The fourth-order valence-electron chi connectivity index (χ4n) is 8.45. The minimum Gasteiger partial charge on any atom is -0.454 e. The predicted molar refractivity (Wildman–Crippen MR) is 231 cm³/mol. The average Bonchev–Trinajstić information content (AvgIpc) is 3.81. The number of hydrogen-bond donors (Lipinski definition) is 0. The second kappa shape index (κ2) is 12.2. The Morgan fingerprint density at radius 1 is 0.429 bits per heavy atom. The highest BCUT2D eigenvalue weighted by Gasteiger charge is 2.28. The van der Waals surface area contributed by atoms with Crippen LogP contribution in [0.3, 0.4) is 0 Å². The minimum absolute atomic E-state index is 0.657. The molecule has 262 valence electrons. The van der Waals surface area contributed by atoms with Gasteiger partial charge < -0.3 is 9.32 Å². The molecule has 12 rings (SSSR count). The van der Waals surface area contributed by atoms with E-state index in [4.69, 9.17) is 14.4 Å². The van der Waals surface area contributed by atoms with Gasteiger partial charge in [0.15, 0.2) is 5.58 Å². The maximum atomic E-state index is 6.56. The summed E-state index contributed by atoms with van der Waals surface area (Å²) in [6.07, 6.45) is 0. The van der Waals surface area contributed by atoms with Crippen LogP contribution in [0, 0.1) is 0 Å². The van der Waals surface area contributed by atoms with Crippen molar-refractivity contribution in [1.82, 2.24) is 14.5 Å². The number of fused-ring (bicyclic) bond motifs is 9. The topological polar surface area (TPSA) is 47.1 Å². The molecule has 0 fully saturated rings. The second-order valence-electron chi connectivity index (χ2n) is 14.2. The fraction of sp³-hybridized carbons (Fsp3) is 0. The maximum absolute atomic E-state index is 6.56. The lowest BCUT2D eigenvalue weighted by Gasteiger charge is -2.33. The van der Waals surface area contributed by atoms with Crippen molar-refractivity contribution < 1.29 is 4.42 Å². The highest BCUT2D eigenvalue weighted by Crippen LogP contribution is 2.54. The number of benzene rings is 8. The number of para-hydroxylation sites is 5. The van der Waals surface area contributed by atoms with Crippen molar-refractivity contribution in [2.75, 3.05) is 4.90 Å². The molecule has 0 aliphatic carbocycles. The zero-order valence-corrected chi connectivity index (χ0v) is 30.7. The van der Waals surface area contributed by atoms with Gasteiger partial charge >= 0.3 is 0 Å². The van der Waals surface area contributed by atoms with E-state index in [0.717, 1.165) is 94.1 Å². The Hall–Kier alpha value is -7.15. The van der Waals surface area contributed by atoms with Gasteiger partial charge in [-0.1, -0.05) is 133 Å². The lowest BCUT2D eigenvalue weighted by molar-refractivity contribution is 0.669. The predicted octanol–water partition coefficient (Wildman–Crippen LogP) is 13.9. The van der Waals surface area contributed by atoms with Crippen LogP contribution < -0.4 is 4.90 Å². The van der Waals surface area contributed by atoms with E-state index in [0.29, 0.717) is 5.95 Å². The molecule has 6 heteroatoms. The molecule has 0 unspecified atom stereocenters. The van der Waals surface area contributed by atoms with Crippen LogP contribution in [0.1, 0.15) is 0 Å². The highest BCUT2D eigenvalue weighted by atomic mass is 32.2. The normalized spacial score (nSPS) is 12.5. The van der Waals surface area contributed by atoms with Gasteiger partial charge in [-0.2, -0.15) is 0 Å². The van der Waals surface area contributed by atoms with Gasteiger partial charge in [0.25, 0.3) is 0 Å². The van der Waals surface area contributed by atoms with Gasteiger partial charge in [-0.15, -0.1) is 0 Å². The molecule has 1 aliphatic heterocycles. The molecule has 0 saturated carbocycles. The molecule has 0 saturated heterocycles. The van der Waals surface area contributed by atoms with Gasteiger partial charge in [0.05, 0.1) is 39.3 Å². The van der Waals surface area contributed by atoms with E-state index in [1.54, 1.807) is 0 Å². The van der Waals surface area contributed by atoms with E-state index in [1.807, 2.05) is 36.0 Å². The summed E-state index contributed by atoms with van der Waals surface area (Å²) < 4.78 is 8.77. The Morgan fingerprint density at radius 3 is 2.04 bits per heavy atom. The van der Waals surface area contributed by atoms with Crippen LogP contribution >= 0.6 is 11.8 Å². The molecule has 0 radical (unpaired) electrons. The van der Waals surface area contributed by atoms with E-state index < -0.39 is 0 Å². The van der Waals surface area contributed by atoms with E-state index in [1.165, 1.54) is 9.79 Å².